The summed E-state index contributed by atoms with van der Waals surface area (Å²) in [4.78, 5) is 24.6. The summed E-state index contributed by atoms with van der Waals surface area (Å²) in [5, 5.41) is 3.11. The van der Waals surface area contributed by atoms with Gasteiger partial charge < -0.3 is 14.5 Å². The number of carbonyl (C=O) groups excluding carboxylic acids is 2. The first kappa shape index (κ1) is 40.0. The second-order valence-electron chi connectivity index (χ2n) is 14.9. The van der Waals surface area contributed by atoms with Crippen molar-refractivity contribution < 1.29 is 18.8 Å². The highest BCUT2D eigenvalue weighted by atomic mass is 28.4. The number of hydrogen-bond donors (Lipinski definition) is 1. The minimum Gasteiger partial charge on any atom is -0.469 e. The Bertz CT molecular complexity index is 794. The van der Waals surface area contributed by atoms with Crippen molar-refractivity contribution in [3.05, 3.63) is 24.3 Å². The summed E-state index contributed by atoms with van der Waals surface area (Å²) >= 11 is 0. The molecule has 0 spiro atoms. The van der Waals surface area contributed by atoms with Crippen molar-refractivity contribution in [2.24, 2.45) is 5.92 Å². The Morgan fingerprint density at radius 3 is 2.00 bits per heavy atom. The minimum atomic E-state index is -1.92. The number of esters is 1. The van der Waals surface area contributed by atoms with Gasteiger partial charge in [0.2, 0.25) is 5.91 Å². The van der Waals surface area contributed by atoms with Gasteiger partial charge in [-0.15, -0.1) is 0 Å². The van der Waals surface area contributed by atoms with Crippen molar-refractivity contribution in [1.82, 2.24) is 5.32 Å². The molecule has 5 nitrogen and oxygen atoms in total. The summed E-state index contributed by atoms with van der Waals surface area (Å²) in [7, 11) is -3.53. The lowest BCUT2D eigenvalue weighted by Crippen LogP contribution is -2.45. The van der Waals surface area contributed by atoms with Gasteiger partial charge in [-0.1, -0.05) is 96.7 Å². The van der Waals surface area contributed by atoms with Crippen LogP contribution in [-0.2, 0) is 18.8 Å². The van der Waals surface area contributed by atoms with E-state index in [4.69, 9.17) is 9.16 Å². The lowest BCUT2D eigenvalue weighted by Gasteiger charge is -2.41. The summed E-state index contributed by atoms with van der Waals surface area (Å²) in [6, 6.07) is 0. The van der Waals surface area contributed by atoms with Crippen LogP contribution in [0.25, 0.3) is 0 Å². The molecule has 0 aromatic heterocycles. The summed E-state index contributed by atoms with van der Waals surface area (Å²) in [6.07, 6.45) is 18.9. The van der Waals surface area contributed by atoms with Gasteiger partial charge >= 0.3 is 5.97 Å². The van der Waals surface area contributed by atoms with E-state index < -0.39 is 24.5 Å². The Balaban J connectivity index is 6.43. The van der Waals surface area contributed by atoms with Gasteiger partial charge in [-0.3, -0.25) is 9.59 Å². The number of nitrogens with one attached hydrogen (secondary N) is 1. The molecule has 8 heteroatoms. The largest absolute Gasteiger partial charge is 0.469 e. The minimum absolute atomic E-state index is 0.0972. The highest BCUT2D eigenvalue weighted by molar-refractivity contribution is 6.78. The zero-order valence-corrected chi connectivity index (χ0v) is 32.0. The molecule has 4 atom stereocenters. The molecule has 0 aliphatic rings. The van der Waals surface area contributed by atoms with Crippen molar-refractivity contribution in [3.8, 4) is 0 Å². The first-order chi connectivity index (χ1) is 19.0. The summed E-state index contributed by atoms with van der Waals surface area (Å²) < 4.78 is 11.7. The fraction of sp³-hybridized carbons (Fsp3) is 0.818. The Hall–Kier alpha value is -0.969. The zero-order chi connectivity index (χ0) is 31.7. The number of methoxy groups -OCH3 is 1. The van der Waals surface area contributed by atoms with Gasteiger partial charge in [-0.25, -0.2) is 0 Å². The van der Waals surface area contributed by atoms with Crippen LogP contribution in [0.4, 0.5) is 0 Å². The SMILES string of the molecule is CCCCC[C@@H](/C=C/[C@H]([C@H](C/C=C\CCCC(=O)OC)[C@@H](CC(=O)NCCC)O[Si](C)(C)C)[Si](C)(C)C)[Si](C)(C)C. The fourth-order valence-corrected chi connectivity index (χ4v) is 10.6. The number of unbranched alkanes of at least 4 members (excludes halogenated alkanes) is 3. The van der Waals surface area contributed by atoms with Crippen LogP contribution in [-0.4, -0.2) is 56.1 Å². The van der Waals surface area contributed by atoms with Crippen LogP contribution < -0.4 is 5.32 Å². The number of carbonyl (C=O) groups is 2. The van der Waals surface area contributed by atoms with E-state index in [-0.39, 0.29) is 23.9 Å². The Labute approximate surface area is 257 Å². The molecule has 0 fully saturated rings. The van der Waals surface area contributed by atoms with Crippen molar-refractivity contribution in [3.63, 3.8) is 0 Å². The third-order valence-corrected chi connectivity index (χ3v) is 14.1. The number of ether oxygens (including phenoxy) is 1. The maximum Gasteiger partial charge on any atom is 0.305 e. The molecule has 0 aromatic rings. The Morgan fingerprint density at radius 1 is 0.829 bits per heavy atom. The normalized spacial score (nSPS) is 16.1. The molecule has 240 valence electrons. The lowest BCUT2D eigenvalue weighted by atomic mass is 9.91. The summed E-state index contributed by atoms with van der Waals surface area (Å²) in [5.74, 6) is 0.171. The average molecular weight is 626 g/mol. The van der Waals surface area contributed by atoms with E-state index in [0.29, 0.717) is 30.5 Å². The molecule has 0 bridgehead atoms. The van der Waals surface area contributed by atoms with Crippen LogP contribution in [0.5, 0.6) is 0 Å². The van der Waals surface area contributed by atoms with E-state index in [0.717, 1.165) is 25.7 Å². The molecule has 0 saturated carbocycles. The average Bonchev–Trinajstić information content (AvgIpc) is 2.84. The van der Waals surface area contributed by atoms with E-state index in [1.54, 1.807) is 0 Å². The van der Waals surface area contributed by atoms with Crippen LogP contribution in [0.1, 0.15) is 78.1 Å². The van der Waals surface area contributed by atoms with Gasteiger partial charge in [0.15, 0.2) is 8.32 Å². The predicted octanol–water partition coefficient (Wildman–Crippen LogP) is 9.58. The van der Waals surface area contributed by atoms with Crippen molar-refractivity contribution in [2.45, 2.75) is 154 Å². The number of allylic oxidation sites excluding steroid dienone is 4. The topological polar surface area (TPSA) is 64.6 Å². The zero-order valence-electron chi connectivity index (χ0n) is 29.0. The highest BCUT2D eigenvalue weighted by Crippen LogP contribution is 2.41. The summed E-state index contributed by atoms with van der Waals surface area (Å²) in [6.45, 7) is 26.7. The molecule has 1 N–H and O–H groups in total. The van der Waals surface area contributed by atoms with E-state index >= 15 is 0 Å². The van der Waals surface area contributed by atoms with E-state index in [9.17, 15) is 9.59 Å². The first-order valence-corrected chi connectivity index (χ1v) is 26.9. The Kier molecular flexibility index (Phi) is 19.6. The predicted molar refractivity (Wildman–Crippen MR) is 187 cm³/mol. The molecule has 0 aliphatic carbocycles. The van der Waals surface area contributed by atoms with Crippen molar-refractivity contribution >= 4 is 36.3 Å². The molecule has 1 amide bonds. The van der Waals surface area contributed by atoms with Crippen LogP contribution >= 0.6 is 0 Å². The van der Waals surface area contributed by atoms with Crippen molar-refractivity contribution in [1.29, 1.82) is 0 Å². The molecular formula is C33H67NO4Si3. The van der Waals surface area contributed by atoms with E-state index in [1.807, 2.05) is 0 Å². The molecule has 0 aliphatic heterocycles. The highest BCUT2D eigenvalue weighted by Gasteiger charge is 2.39. The second-order valence-corrected chi connectivity index (χ2v) is 30.2. The number of rotatable bonds is 22. The molecule has 0 radical (unpaired) electrons. The molecule has 0 rings (SSSR count). The molecule has 0 unspecified atom stereocenters. The van der Waals surface area contributed by atoms with Crippen LogP contribution in [0.3, 0.4) is 0 Å². The smallest absolute Gasteiger partial charge is 0.305 e. The van der Waals surface area contributed by atoms with Gasteiger partial charge in [-0.05, 0) is 68.7 Å². The molecule has 0 heterocycles. The van der Waals surface area contributed by atoms with Crippen LogP contribution in [0, 0.1) is 5.92 Å². The summed E-state index contributed by atoms with van der Waals surface area (Å²) in [5.41, 5.74) is 1.05. The fourth-order valence-electron chi connectivity index (χ4n) is 5.38. The van der Waals surface area contributed by atoms with E-state index in [2.05, 4.69) is 102 Å². The van der Waals surface area contributed by atoms with Gasteiger partial charge in [0, 0.05) is 13.0 Å². The Morgan fingerprint density at radius 2 is 1.49 bits per heavy atom. The monoisotopic (exact) mass is 625 g/mol. The maximum absolute atomic E-state index is 13.1. The van der Waals surface area contributed by atoms with Crippen LogP contribution in [0.2, 0.25) is 70.0 Å². The molecule has 0 saturated heterocycles. The molecule has 0 aromatic carbocycles. The third-order valence-electron chi connectivity index (χ3n) is 7.74. The number of hydrogen-bond acceptors (Lipinski definition) is 4. The third kappa shape index (κ3) is 19.0. The standard InChI is InChI=1S/C33H67NO4Si3/c1-13-15-18-21-28(39(4,5)6)24-25-31(40(7,8)9)29(22-19-16-17-20-23-33(36)37-3)30(38-41(10,11)12)27-32(35)34-26-14-2/h16,19,24-25,28-31H,13-15,17-18,20-23,26-27H2,1-12H3,(H,34,35)/b19-16-,25-24+/t28-,29+,30+,31+/m0/s1. The second kappa shape index (κ2) is 20.1. The maximum atomic E-state index is 13.1. The van der Waals surface area contributed by atoms with E-state index in [1.165, 1.54) is 32.8 Å². The molecule has 41 heavy (non-hydrogen) atoms. The van der Waals surface area contributed by atoms with Gasteiger partial charge in [0.25, 0.3) is 0 Å². The lowest BCUT2D eigenvalue weighted by molar-refractivity contribution is -0.140. The van der Waals surface area contributed by atoms with Crippen molar-refractivity contribution in [2.75, 3.05) is 13.7 Å². The van der Waals surface area contributed by atoms with Gasteiger partial charge in [0.1, 0.15) is 0 Å². The van der Waals surface area contributed by atoms with Crippen LogP contribution in [0.15, 0.2) is 24.3 Å². The number of amides is 1. The quantitative estimate of drug-likeness (QED) is 0.0563. The first-order valence-electron chi connectivity index (χ1n) is 16.3. The molecular weight excluding hydrogens is 559 g/mol. The van der Waals surface area contributed by atoms with Gasteiger partial charge in [0.05, 0.1) is 35.8 Å². The van der Waals surface area contributed by atoms with Gasteiger partial charge in [-0.2, -0.15) is 0 Å².